The summed E-state index contributed by atoms with van der Waals surface area (Å²) >= 11 is 0. The maximum absolute atomic E-state index is 2.37. The Morgan fingerprint density at radius 2 is 0.349 bits per heavy atom. The second kappa shape index (κ2) is 36.4. The fourth-order valence-electron chi connectivity index (χ4n) is 7.27. The van der Waals surface area contributed by atoms with E-state index in [1.54, 1.807) is 0 Å². The van der Waals surface area contributed by atoms with Crippen LogP contribution in [-0.4, -0.2) is 30.7 Å². The lowest BCUT2D eigenvalue weighted by atomic mass is 10.0. The van der Waals surface area contributed by atoms with Crippen LogP contribution in [0.1, 0.15) is 246 Å². The van der Waals surface area contributed by atoms with E-state index in [0.29, 0.717) is 0 Å². The van der Waals surface area contributed by atoms with Gasteiger partial charge in [-0.15, -0.1) is 0 Å². The molecule has 0 radical (unpaired) electrons. The van der Waals surface area contributed by atoms with Crippen LogP contribution in [0.5, 0.6) is 0 Å². The molecule has 0 bridgehead atoms. The zero-order valence-corrected chi connectivity index (χ0v) is 31.3. The molecule has 0 aliphatic rings. The van der Waals surface area contributed by atoms with Crippen molar-refractivity contribution in [2.24, 2.45) is 0 Å². The Kier molecular flexibility index (Phi) is 36.4. The highest BCUT2D eigenvalue weighted by molar-refractivity contribution is 4.54. The Hall–Kier alpha value is -0.0400. The predicted octanol–water partition coefficient (Wildman–Crippen LogP) is 15.1. The summed E-state index contributed by atoms with van der Waals surface area (Å²) < 4.78 is 1.44. The molecule has 0 unspecified atom stereocenters. The van der Waals surface area contributed by atoms with E-state index in [1.807, 2.05) is 0 Å². The zero-order valence-electron chi connectivity index (χ0n) is 31.3. The second-order valence-corrected chi connectivity index (χ2v) is 14.8. The zero-order chi connectivity index (χ0) is 31.4. The highest BCUT2D eigenvalue weighted by Crippen LogP contribution is 2.19. The second-order valence-electron chi connectivity index (χ2n) is 14.8. The Morgan fingerprint density at radius 3 is 0.558 bits per heavy atom. The number of hydrogen-bond donors (Lipinski definition) is 0. The number of nitrogens with zero attached hydrogens (tertiary/aromatic N) is 1. The van der Waals surface area contributed by atoms with E-state index < -0.39 is 0 Å². The molecular weight excluding hydrogens is 518 g/mol. The van der Waals surface area contributed by atoms with Gasteiger partial charge in [0, 0.05) is 0 Å². The maximum atomic E-state index is 2.37. The first kappa shape index (κ1) is 43.0. The van der Waals surface area contributed by atoms with Crippen LogP contribution >= 0.6 is 0 Å². The van der Waals surface area contributed by atoms with E-state index in [-0.39, 0.29) is 0 Å². The van der Waals surface area contributed by atoms with Gasteiger partial charge in [-0.25, -0.2) is 0 Å². The fourth-order valence-corrected chi connectivity index (χ4v) is 7.27. The van der Waals surface area contributed by atoms with E-state index in [2.05, 4.69) is 27.7 Å². The van der Waals surface area contributed by atoms with Gasteiger partial charge in [-0.3, -0.25) is 0 Å². The summed E-state index contributed by atoms with van der Waals surface area (Å²) in [7, 11) is 0. The van der Waals surface area contributed by atoms with E-state index in [0.717, 1.165) is 0 Å². The van der Waals surface area contributed by atoms with Crippen molar-refractivity contribution in [3.63, 3.8) is 0 Å². The summed E-state index contributed by atoms with van der Waals surface area (Å²) in [4.78, 5) is 0. The number of rotatable bonds is 38. The van der Waals surface area contributed by atoms with Crippen molar-refractivity contribution >= 4 is 0 Å². The minimum Gasteiger partial charge on any atom is -0.324 e. The van der Waals surface area contributed by atoms with E-state index in [9.17, 15) is 0 Å². The molecule has 1 heteroatoms. The molecule has 0 spiro atoms. The molecule has 0 aromatic heterocycles. The average molecular weight is 607 g/mol. The third-order valence-corrected chi connectivity index (χ3v) is 10.4. The highest BCUT2D eigenvalue weighted by atomic mass is 15.3. The molecule has 0 aliphatic carbocycles. The van der Waals surface area contributed by atoms with Gasteiger partial charge in [0.1, 0.15) is 0 Å². The van der Waals surface area contributed by atoms with Crippen molar-refractivity contribution in [3.8, 4) is 0 Å². The van der Waals surface area contributed by atoms with Crippen LogP contribution in [0.4, 0.5) is 0 Å². The van der Waals surface area contributed by atoms with Crippen molar-refractivity contribution < 1.29 is 4.48 Å². The van der Waals surface area contributed by atoms with Gasteiger partial charge in [0.2, 0.25) is 0 Å². The normalized spacial score (nSPS) is 12.0. The van der Waals surface area contributed by atoms with Crippen LogP contribution in [0.2, 0.25) is 0 Å². The average Bonchev–Trinajstić information content (AvgIpc) is 3.02. The largest absolute Gasteiger partial charge is 0.324 e. The lowest BCUT2D eigenvalue weighted by Gasteiger charge is -2.39. The van der Waals surface area contributed by atoms with Crippen LogP contribution in [0, 0.1) is 0 Å². The van der Waals surface area contributed by atoms with Crippen molar-refractivity contribution in [2.75, 3.05) is 26.2 Å². The first-order valence-electron chi connectivity index (χ1n) is 21.1. The van der Waals surface area contributed by atoms with E-state index in [1.165, 1.54) is 249 Å². The van der Waals surface area contributed by atoms with E-state index >= 15 is 0 Å². The molecular formula is C42H88N+. The first-order chi connectivity index (χ1) is 21.2. The van der Waals surface area contributed by atoms with Gasteiger partial charge in [-0.2, -0.15) is 0 Å². The number of unbranched alkanes of at least 4 members (excludes halogenated alkanes) is 30. The van der Waals surface area contributed by atoms with Crippen molar-refractivity contribution in [1.82, 2.24) is 0 Å². The number of quaternary nitrogens is 1. The summed E-state index contributed by atoms with van der Waals surface area (Å²) in [5.74, 6) is 0. The molecule has 0 N–H and O–H groups in total. The van der Waals surface area contributed by atoms with Gasteiger partial charge in [0.05, 0.1) is 26.2 Å². The van der Waals surface area contributed by atoms with Crippen LogP contribution in [0.15, 0.2) is 0 Å². The smallest absolute Gasteiger partial charge is 0.0786 e. The molecule has 1 nitrogen and oxygen atoms in total. The minimum absolute atomic E-state index is 1.36. The quantitative estimate of drug-likeness (QED) is 0.0484. The van der Waals surface area contributed by atoms with Crippen molar-refractivity contribution in [3.05, 3.63) is 0 Å². The Labute approximate surface area is 276 Å². The van der Waals surface area contributed by atoms with Gasteiger partial charge < -0.3 is 4.48 Å². The molecule has 260 valence electrons. The fraction of sp³-hybridized carbons (Fsp3) is 1.00. The predicted molar refractivity (Wildman–Crippen MR) is 199 cm³/mol. The highest BCUT2D eigenvalue weighted by Gasteiger charge is 2.25. The minimum atomic E-state index is 1.36. The molecule has 0 saturated carbocycles. The van der Waals surface area contributed by atoms with Crippen LogP contribution in [-0.2, 0) is 0 Å². The molecule has 0 fully saturated rings. The van der Waals surface area contributed by atoms with Gasteiger partial charge in [0.25, 0.3) is 0 Å². The monoisotopic (exact) mass is 607 g/mol. The van der Waals surface area contributed by atoms with Gasteiger partial charge in [0.15, 0.2) is 0 Å². The molecule has 43 heavy (non-hydrogen) atoms. The van der Waals surface area contributed by atoms with Crippen molar-refractivity contribution in [1.29, 1.82) is 0 Å². The number of hydrogen-bond acceptors (Lipinski definition) is 0. The SMILES string of the molecule is CCCCCCCCCCCCCCCCCCCCCCCCCCCCCC[N+](CCCC)(CCCC)CCCC. The van der Waals surface area contributed by atoms with E-state index in [4.69, 9.17) is 0 Å². The molecule has 0 saturated heterocycles. The molecule has 0 amide bonds. The van der Waals surface area contributed by atoms with Crippen LogP contribution in [0.25, 0.3) is 0 Å². The Morgan fingerprint density at radius 1 is 0.186 bits per heavy atom. The summed E-state index contributed by atoms with van der Waals surface area (Å²) in [5.41, 5.74) is 0. The molecule has 0 heterocycles. The summed E-state index contributed by atoms with van der Waals surface area (Å²) in [6.07, 6.45) is 49.9. The van der Waals surface area contributed by atoms with Crippen LogP contribution < -0.4 is 0 Å². The summed E-state index contributed by atoms with van der Waals surface area (Å²) in [5, 5.41) is 0. The van der Waals surface area contributed by atoms with Crippen LogP contribution in [0.3, 0.4) is 0 Å². The van der Waals surface area contributed by atoms with Gasteiger partial charge in [-0.1, -0.05) is 214 Å². The van der Waals surface area contributed by atoms with Crippen molar-refractivity contribution in [2.45, 2.75) is 246 Å². The maximum Gasteiger partial charge on any atom is 0.0786 e. The Bertz CT molecular complexity index is 464. The molecule has 0 rings (SSSR count). The summed E-state index contributed by atoms with van der Waals surface area (Å²) in [6, 6.07) is 0. The molecule has 0 aliphatic heterocycles. The topological polar surface area (TPSA) is 0 Å². The summed E-state index contributed by atoms with van der Waals surface area (Å²) in [6.45, 7) is 15.2. The van der Waals surface area contributed by atoms with Gasteiger partial charge in [-0.05, 0) is 32.1 Å². The standard InChI is InChI=1S/C42H88N/c1-5-9-13-14-15-16-17-18-19-20-21-22-23-24-25-26-27-28-29-30-31-32-33-34-35-36-37-38-42-43(39-10-6-2,40-11-7-3)41-12-8-4/h5-42H2,1-4H3/q+1. The lowest BCUT2D eigenvalue weighted by Crippen LogP contribution is -2.50. The molecule has 0 aromatic rings. The lowest BCUT2D eigenvalue weighted by molar-refractivity contribution is -0.929. The Balaban J connectivity index is 3.40. The third kappa shape index (κ3) is 31.7. The third-order valence-electron chi connectivity index (χ3n) is 10.4. The first-order valence-corrected chi connectivity index (χ1v) is 21.1. The van der Waals surface area contributed by atoms with Gasteiger partial charge >= 0.3 is 0 Å². The molecule has 0 aromatic carbocycles. The molecule has 0 atom stereocenters.